The Balaban J connectivity index is 2.41. The van der Waals surface area contributed by atoms with Crippen molar-refractivity contribution in [1.82, 2.24) is 0 Å². The molecule has 3 nitrogen and oxygen atoms in total. The summed E-state index contributed by atoms with van der Waals surface area (Å²) in [6.45, 7) is 4.01. The topological polar surface area (TPSA) is 55.5 Å². The highest BCUT2D eigenvalue weighted by Crippen LogP contribution is 2.27. The van der Waals surface area contributed by atoms with Crippen molar-refractivity contribution in [3.8, 4) is 0 Å². The van der Waals surface area contributed by atoms with Gasteiger partial charge in [-0.05, 0) is 38.0 Å². The summed E-state index contributed by atoms with van der Waals surface area (Å²) >= 11 is 0. The van der Waals surface area contributed by atoms with Crippen molar-refractivity contribution in [1.29, 1.82) is 0 Å². The second-order valence-corrected chi connectivity index (χ2v) is 3.99. The average molecular weight is 187 g/mol. The lowest BCUT2D eigenvalue weighted by molar-refractivity contribution is 0.0370. The van der Waals surface area contributed by atoms with Crippen LogP contribution in [-0.2, 0) is 4.74 Å². The molecule has 0 aromatic carbocycles. The van der Waals surface area contributed by atoms with Crippen LogP contribution in [0.5, 0.6) is 0 Å². The van der Waals surface area contributed by atoms with E-state index >= 15 is 0 Å². The van der Waals surface area contributed by atoms with Gasteiger partial charge in [-0.1, -0.05) is 0 Å². The number of hydrogen-bond donors (Lipinski definition) is 2. The summed E-state index contributed by atoms with van der Waals surface area (Å²) < 4.78 is 5.30. The van der Waals surface area contributed by atoms with E-state index in [2.05, 4.69) is 0 Å². The highest BCUT2D eigenvalue weighted by molar-refractivity contribution is 4.78. The minimum absolute atomic E-state index is 0.190. The third-order valence-electron chi connectivity index (χ3n) is 3.01. The zero-order valence-electron chi connectivity index (χ0n) is 8.41. The SMILES string of the molecule is CC(N)C(CCO)C1CCOCC1. The van der Waals surface area contributed by atoms with E-state index < -0.39 is 0 Å². The Hall–Kier alpha value is -0.120. The lowest BCUT2D eigenvalue weighted by Crippen LogP contribution is -2.36. The van der Waals surface area contributed by atoms with Crippen LogP contribution in [0, 0.1) is 11.8 Å². The van der Waals surface area contributed by atoms with E-state index in [1.54, 1.807) is 0 Å². The van der Waals surface area contributed by atoms with Crippen LogP contribution in [0.4, 0.5) is 0 Å². The van der Waals surface area contributed by atoms with E-state index in [4.69, 9.17) is 15.6 Å². The van der Waals surface area contributed by atoms with Crippen molar-refractivity contribution >= 4 is 0 Å². The van der Waals surface area contributed by atoms with Crippen LogP contribution in [0.2, 0.25) is 0 Å². The molecule has 0 saturated carbocycles. The molecule has 3 heteroatoms. The second-order valence-electron chi connectivity index (χ2n) is 3.99. The van der Waals surface area contributed by atoms with E-state index in [9.17, 15) is 0 Å². The van der Waals surface area contributed by atoms with Crippen LogP contribution in [0.3, 0.4) is 0 Å². The van der Waals surface area contributed by atoms with Gasteiger partial charge in [-0.25, -0.2) is 0 Å². The molecule has 3 N–H and O–H groups in total. The van der Waals surface area contributed by atoms with Crippen LogP contribution in [-0.4, -0.2) is 31.0 Å². The Morgan fingerprint density at radius 2 is 2.08 bits per heavy atom. The van der Waals surface area contributed by atoms with Gasteiger partial charge in [-0.15, -0.1) is 0 Å². The van der Waals surface area contributed by atoms with E-state index in [1.165, 1.54) is 0 Å². The number of ether oxygens (including phenoxy) is 1. The van der Waals surface area contributed by atoms with Crippen molar-refractivity contribution in [3.05, 3.63) is 0 Å². The minimum atomic E-state index is 0.190. The highest BCUT2D eigenvalue weighted by atomic mass is 16.5. The third-order valence-corrected chi connectivity index (χ3v) is 3.01. The lowest BCUT2D eigenvalue weighted by atomic mass is 9.80. The molecule has 78 valence electrons. The van der Waals surface area contributed by atoms with Gasteiger partial charge in [0.2, 0.25) is 0 Å². The van der Waals surface area contributed by atoms with Gasteiger partial charge in [0.25, 0.3) is 0 Å². The number of aliphatic hydroxyl groups excluding tert-OH is 1. The zero-order chi connectivity index (χ0) is 9.68. The standard InChI is InChI=1S/C10H21NO2/c1-8(11)10(2-5-12)9-3-6-13-7-4-9/h8-10,12H,2-7,11H2,1H3. The quantitative estimate of drug-likeness (QED) is 0.683. The molecule has 2 unspecified atom stereocenters. The molecule has 0 aromatic heterocycles. The summed E-state index contributed by atoms with van der Waals surface area (Å²) in [6.07, 6.45) is 3.04. The van der Waals surface area contributed by atoms with Crippen LogP contribution in [0.15, 0.2) is 0 Å². The molecule has 0 aliphatic carbocycles. The van der Waals surface area contributed by atoms with Crippen LogP contribution in [0.1, 0.15) is 26.2 Å². The summed E-state index contributed by atoms with van der Waals surface area (Å²) in [6, 6.07) is 0.190. The molecular formula is C10H21NO2. The molecule has 1 rings (SSSR count). The van der Waals surface area contributed by atoms with Gasteiger partial charge in [0.1, 0.15) is 0 Å². The van der Waals surface area contributed by atoms with E-state index in [0.29, 0.717) is 11.8 Å². The maximum Gasteiger partial charge on any atom is 0.0468 e. The second kappa shape index (κ2) is 5.58. The molecule has 0 aromatic rings. The first-order valence-electron chi connectivity index (χ1n) is 5.20. The predicted octanol–water partition coefficient (Wildman–Crippen LogP) is 0.759. The maximum absolute atomic E-state index is 8.93. The smallest absolute Gasteiger partial charge is 0.0468 e. The summed E-state index contributed by atoms with van der Waals surface area (Å²) in [5.74, 6) is 1.12. The van der Waals surface area contributed by atoms with Gasteiger partial charge < -0.3 is 15.6 Å². The molecule has 13 heavy (non-hydrogen) atoms. The summed E-state index contributed by atoms with van der Waals surface area (Å²) in [4.78, 5) is 0. The molecule has 1 heterocycles. The number of aliphatic hydroxyl groups is 1. The van der Waals surface area contributed by atoms with E-state index in [0.717, 1.165) is 32.5 Å². The number of rotatable bonds is 4. The molecular weight excluding hydrogens is 166 g/mol. The van der Waals surface area contributed by atoms with Gasteiger partial charge in [-0.2, -0.15) is 0 Å². The Labute approximate surface area is 80.3 Å². The number of hydrogen-bond acceptors (Lipinski definition) is 3. The largest absolute Gasteiger partial charge is 0.396 e. The Kier molecular flexibility index (Phi) is 4.70. The predicted molar refractivity (Wildman–Crippen MR) is 52.4 cm³/mol. The maximum atomic E-state index is 8.93. The van der Waals surface area contributed by atoms with Gasteiger partial charge in [0, 0.05) is 25.9 Å². The third kappa shape index (κ3) is 3.25. The monoisotopic (exact) mass is 187 g/mol. The molecule has 2 atom stereocenters. The first kappa shape index (κ1) is 11.0. The van der Waals surface area contributed by atoms with Crippen molar-refractivity contribution in [3.63, 3.8) is 0 Å². The lowest BCUT2D eigenvalue weighted by Gasteiger charge is -2.32. The Morgan fingerprint density at radius 3 is 2.54 bits per heavy atom. The van der Waals surface area contributed by atoms with E-state index in [-0.39, 0.29) is 12.6 Å². The summed E-state index contributed by atoms with van der Waals surface area (Å²) in [5, 5.41) is 8.93. The van der Waals surface area contributed by atoms with Crippen LogP contribution >= 0.6 is 0 Å². The molecule has 0 amide bonds. The zero-order valence-corrected chi connectivity index (χ0v) is 8.41. The number of nitrogens with two attached hydrogens (primary N) is 1. The van der Waals surface area contributed by atoms with Crippen molar-refractivity contribution in [2.24, 2.45) is 17.6 Å². The molecule has 0 spiro atoms. The molecule has 0 radical (unpaired) electrons. The fourth-order valence-electron chi connectivity index (χ4n) is 2.22. The fraction of sp³-hybridized carbons (Fsp3) is 1.00. The Bertz CT molecular complexity index is 133. The molecule has 1 saturated heterocycles. The van der Waals surface area contributed by atoms with E-state index in [1.807, 2.05) is 6.92 Å². The summed E-state index contributed by atoms with van der Waals surface area (Å²) in [7, 11) is 0. The van der Waals surface area contributed by atoms with Crippen LogP contribution in [0.25, 0.3) is 0 Å². The molecule has 1 aliphatic rings. The minimum Gasteiger partial charge on any atom is -0.396 e. The highest BCUT2D eigenvalue weighted by Gasteiger charge is 2.26. The molecule has 1 aliphatic heterocycles. The van der Waals surface area contributed by atoms with Crippen molar-refractivity contribution in [2.75, 3.05) is 19.8 Å². The van der Waals surface area contributed by atoms with Crippen LogP contribution < -0.4 is 5.73 Å². The average Bonchev–Trinajstić information content (AvgIpc) is 2.15. The molecule has 1 fully saturated rings. The first-order chi connectivity index (χ1) is 6.25. The Morgan fingerprint density at radius 1 is 1.46 bits per heavy atom. The normalized spacial score (nSPS) is 24.2. The van der Waals surface area contributed by atoms with Gasteiger partial charge in [-0.3, -0.25) is 0 Å². The van der Waals surface area contributed by atoms with Crippen molar-refractivity contribution in [2.45, 2.75) is 32.2 Å². The fourth-order valence-corrected chi connectivity index (χ4v) is 2.22. The first-order valence-corrected chi connectivity index (χ1v) is 5.20. The van der Waals surface area contributed by atoms with Gasteiger partial charge >= 0.3 is 0 Å². The van der Waals surface area contributed by atoms with Crippen molar-refractivity contribution < 1.29 is 9.84 Å². The van der Waals surface area contributed by atoms with Gasteiger partial charge in [0.15, 0.2) is 0 Å². The molecule has 0 bridgehead atoms. The summed E-state index contributed by atoms with van der Waals surface area (Å²) in [5.41, 5.74) is 5.90. The van der Waals surface area contributed by atoms with Gasteiger partial charge in [0.05, 0.1) is 0 Å².